The molecule has 1 heterocycles. The third-order valence-corrected chi connectivity index (χ3v) is 5.72. The van der Waals surface area contributed by atoms with Gasteiger partial charge in [-0.05, 0) is 25.7 Å². The van der Waals surface area contributed by atoms with Crippen LogP contribution in [0.5, 0.6) is 0 Å². The highest BCUT2D eigenvalue weighted by atomic mass is 32.2. The van der Waals surface area contributed by atoms with E-state index in [1.165, 1.54) is 30.9 Å². The summed E-state index contributed by atoms with van der Waals surface area (Å²) in [6.45, 7) is 6.77. The predicted molar refractivity (Wildman–Crippen MR) is 79.1 cm³/mol. The van der Waals surface area contributed by atoms with Crippen molar-refractivity contribution in [3.63, 3.8) is 0 Å². The smallest absolute Gasteiger partial charge is 0.137 e. The van der Waals surface area contributed by atoms with Gasteiger partial charge in [0.1, 0.15) is 5.78 Å². The Morgan fingerprint density at radius 1 is 1.44 bits per heavy atom. The molecule has 0 aromatic carbocycles. The van der Waals surface area contributed by atoms with Crippen molar-refractivity contribution in [2.45, 2.75) is 52.0 Å². The van der Waals surface area contributed by atoms with Crippen molar-refractivity contribution in [2.24, 2.45) is 11.8 Å². The zero-order chi connectivity index (χ0) is 13.0. The van der Waals surface area contributed by atoms with Crippen LogP contribution < -0.4 is 0 Å². The van der Waals surface area contributed by atoms with Gasteiger partial charge in [0.15, 0.2) is 0 Å². The molecule has 2 fully saturated rings. The monoisotopic (exact) mass is 269 g/mol. The SMILES string of the molecule is CCCC1CCC(=O)C(CN2CCSCC2C)C1. The molecule has 3 heteroatoms. The lowest BCUT2D eigenvalue weighted by Crippen LogP contribution is -2.45. The number of Topliss-reactive ketones (excluding diaryl/α,β-unsaturated/α-hetero) is 1. The number of hydrogen-bond acceptors (Lipinski definition) is 3. The summed E-state index contributed by atoms with van der Waals surface area (Å²) in [5.41, 5.74) is 0. The number of ketones is 1. The minimum atomic E-state index is 0.334. The van der Waals surface area contributed by atoms with Crippen molar-refractivity contribution in [3.8, 4) is 0 Å². The number of thioether (sulfide) groups is 1. The van der Waals surface area contributed by atoms with Gasteiger partial charge >= 0.3 is 0 Å². The Morgan fingerprint density at radius 2 is 2.28 bits per heavy atom. The lowest BCUT2D eigenvalue weighted by molar-refractivity contribution is -0.126. The molecule has 2 aliphatic rings. The van der Waals surface area contributed by atoms with Crippen LogP contribution in [0, 0.1) is 11.8 Å². The van der Waals surface area contributed by atoms with Gasteiger partial charge in [0, 0.05) is 43.0 Å². The first kappa shape index (κ1) is 14.4. The predicted octanol–water partition coefficient (Wildman–Crippen LogP) is 3.21. The van der Waals surface area contributed by atoms with Crippen LogP contribution in [0.1, 0.15) is 46.0 Å². The van der Waals surface area contributed by atoms with Gasteiger partial charge in [0.2, 0.25) is 0 Å². The third kappa shape index (κ3) is 3.74. The summed E-state index contributed by atoms with van der Waals surface area (Å²) >= 11 is 2.05. The van der Waals surface area contributed by atoms with Crippen molar-refractivity contribution >= 4 is 17.5 Å². The second-order valence-corrected chi connectivity index (χ2v) is 7.16. The van der Waals surface area contributed by atoms with E-state index < -0.39 is 0 Å². The van der Waals surface area contributed by atoms with Crippen LogP contribution in [0.15, 0.2) is 0 Å². The average Bonchev–Trinajstić information content (AvgIpc) is 2.36. The van der Waals surface area contributed by atoms with Crippen molar-refractivity contribution in [3.05, 3.63) is 0 Å². The first-order chi connectivity index (χ1) is 8.70. The molecule has 1 saturated carbocycles. The molecule has 0 amide bonds. The molecule has 0 N–H and O–H groups in total. The second kappa shape index (κ2) is 6.95. The molecule has 3 atom stereocenters. The van der Waals surface area contributed by atoms with Gasteiger partial charge in [-0.25, -0.2) is 0 Å². The zero-order valence-electron chi connectivity index (χ0n) is 11.9. The van der Waals surface area contributed by atoms with Gasteiger partial charge in [-0.2, -0.15) is 11.8 Å². The fourth-order valence-corrected chi connectivity index (χ4v) is 4.45. The maximum Gasteiger partial charge on any atom is 0.137 e. The van der Waals surface area contributed by atoms with Crippen molar-refractivity contribution < 1.29 is 4.79 Å². The Balaban J connectivity index is 1.87. The fourth-order valence-electron chi connectivity index (χ4n) is 3.36. The zero-order valence-corrected chi connectivity index (χ0v) is 12.7. The summed E-state index contributed by atoms with van der Waals surface area (Å²) in [5, 5.41) is 0. The van der Waals surface area contributed by atoms with Crippen molar-refractivity contribution in [1.29, 1.82) is 0 Å². The maximum atomic E-state index is 12.1. The Bertz CT molecular complexity index is 282. The van der Waals surface area contributed by atoms with E-state index in [-0.39, 0.29) is 0 Å². The third-order valence-electron chi connectivity index (χ3n) is 4.53. The highest BCUT2D eigenvalue weighted by Gasteiger charge is 2.31. The van der Waals surface area contributed by atoms with E-state index in [0.29, 0.717) is 17.7 Å². The molecule has 3 unspecified atom stereocenters. The molecule has 0 radical (unpaired) electrons. The van der Waals surface area contributed by atoms with E-state index in [1.807, 2.05) is 0 Å². The van der Waals surface area contributed by atoms with Crippen LogP contribution in [0.3, 0.4) is 0 Å². The normalized spacial score (nSPS) is 34.8. The van der Waals surface area contributed by atoms with Crippen LogP contribution in [0.2, 0.25) is 0 Å². The molecule has 0 aromatic rings. The van der Waals surface area contributed by atoms with Gasteiger partial charge in [0.05, 0.1) is 0 Å². The molecule has 0 aromatic heterocycles. The molecule has 0 spiro atoms. The van der Waals surface area contributed by atoms with Gasteiger partial charge in [0.25, 0.3) is 0 Å². The van der Waals surface area contributed by atoms with Gasteiger partial charge in [-0.3, -0.25) is 9.69 Å². The van der Waals surface area contributed by atoms with Crippen LogP contribution in [0.25, 0.3) is 0 Å². The second-order valence-electron chi connectivity index (χ2n) is 6.01. The molecule has 104 valence electrons. The van der Waals surface area contributed by atoms with Gasteiger partial charge < -0.3 is 0 Å². The minimum Gasteiger partial charge on any atom is -0.299 e. The van der Waals surface area contributed by atoms with Crippen LogP contribution >= 0.6 is 11.8 Å². The Kier molecular flexibility index (Phi) is 5.56. The molecule has 2 nitrogen and oxygen atoms in total. The van der Waals surface area contributed by atoms with E-state index in [2.05, 4.69) is 30.5 Å². The molecular weight excluding hydrogens is 242 g/mol. The van der Waals surface area contributed by atoms with Crippen molar-refractivity contribution in [1.82, 2.24) is 4.90 Å². The first-order valence-electron chi connectivity index (χ1n) is 7.55. The number of carbonyl (C=O) groups excluding carboxylic acids is 1. The number of hydrogen-bond donors (Lipinski definition) is 0. The number of nitrogens with zero attached hydrogens (tertiary/aromatic N) is 1. The Hall–Kier alpha value is -0.0200. The van der Waals surface area contributed by atoms with E-state index in [4.69, 9.17) is 0 Å². The van der Waals surface area contributed by atoms with Crippen molar-refractivity contribution in [2.75, 3.05) is 24.6 Å². The van der Waals surface area contributed by atoms with Crippen LogP contribution in [0.4, 0.5) is 0 Å². The van der Waals surface area contributed by atoms with E-state index >= 15 is 0 Å². The topological polar surface area (TPSA) is 20.3 Å². The summed E-state index contributed by atoms with van der Waals surface area (Å²) in [6, 6.07) is 0.656. The summed E-state index contributed by atoms with van der Waals surface area (Å²) in [5.74, 6) is 4.16. The lowest BCUT2D eigenvalue weighted by atomic mass is 9.78. The van der Waals surface area contributed by atoms with E-state index in [9.17, 15) is 4.79 Å². The molecule has 1 aliphatic heterocycles. The molecule has 2 rings (SSSR count). The van der Waals surface area contributed by atoms with Crippen LogP contribution in [-0.4, -0.2) is 41.3 Å². The summed E-state index contributed by atoms with van der Waals surface area (Å²) in [7, 11) is 0. The molecule has 1 saturated heterocycles. The first-order valence-corrected chi connectivity index (χ1v) is 8.70. The standard InChI is InChI=1S/C15H27NOS/c1-3-4-13-5-6-15(17)14(9-13)10-16-7-8-18-11-12(16)2/h12-14H,3-11H2,1-2H3. The molecule has 18 heavy (non-hydrogen) atoms. The highest BCUT2D eigenvalue weighted by molar-refractivity contribution is 7.99. The minimum absolute atomic E-state index is 0.334. The highest BCUT2D eigenvalue weighted by Crippen LogP contribution is 2.31. The maximum absolute atomic E-state index is 12.1. The lowest BCUT2D eigenvalue weighted by Gasteiger charge is -2.37. The molecule has 0 bridgehead atoms. The quantitative estimate of drug-likeness (QED) is 0.781. The Morgan fingerprint density at radius 3 is 3.00 bits per heavy atom. The molecule has 1 aliphatic carbocycles. The fraction of sp³-hybridized carbons (Fsp3) is 0.933. The van der Waals surface area contributed by atoms with Crippen LogP contribution in [-0.2, 0) is 4.79 Å². The van der Waals surface area contributed by atoms with E-state index in [1.54, 1.807) is 0 Å². The largest absolute Gasteiger partial charge is 0.299 e. The van der Waals surface area contributed by atoms with Gasteiger partial charge in [-0.15, -0.1) is 0 Å². The average molecular weight is 269 g/mol. The number of carbonyl (C=O) groups is 1. The summed E-state index contributed by atoms with van der Waals surface area (Å²) < 4.78 is 0. The van der Waals surface area contributed by atoms with Gasteiger partial charge in [-0.1, -0.05) is 19.8 Å². The number of rotatable bonds is 4. The summed E-state index contributed by atoms with van der Waals surface area (Å²) in [4.78, 5) is 14.6. The summed E-state index contributed by atoms with van der Waals surface area (Å²) in [6.07, 6.45) is 5.72. The molecular formula is C15H27NOS. The Labute approximate surface area is 116 Å². The van der Waals surface area contributed by atoms with E-state index in [0.717, 1.165) is 31.7 Å².